The monoisotopic (exact) mass is 396 g/mol. The van der Waals surface area contributed by atoms with Gasteiger partial charge in [0.2, 0.25) is 11.8 Å². The number of para-hydroxylation sites is 1. The van der Waals surface area contributed by atoms with Crippen LogP contribution in [0.25, 0.3) is 0 Å². The number of likely N-dealkylation sites (tertiary alicyclic amines) is 1. The van der Waals surface area contributed by atoms with Crippen LogP contribution in [0.3, 0.4) is 0 Å². The van der Waals surface area contributed by atoms with E-state index >= 15 is 0 Å². The van der Waals surface area contributed by atoms with Gasteiger partial charge in [-0.15, -0.1) is 0 Å². The van der Waals surface area contributed by atoms with Crippen molar-refractivity contribution in [2.45, 2.75) is 25.7 Å². The molecule has 0 saturated carbocycles. The van der Waals surface area contributed by atoms with Gasteiger partial charge in [-0.05, 0) is 49.1 Å². The normalized spacial score (nSPS) is 14.4. The molecule has 0 radical (unpaired) electrons. The van der Waals surface area contributed by atoms with Crippen LogP contribution in [0.15, 0.2) is 54.6 Å². The number of carbonyl (C=O) groups is 2. The Morgan fingerprint density at radius 3 is 2.55 bits per heavy atom. The molecular weight excluding hydrogens is 368 g/mol. The summed E-state index contributed by atoms with van der Waals surface area (Å²) in [4.78, 5) is 26.5. The summed E-state index contributed by atoms with van der Waals surface area (Å²) in [5.41, 5.74) is 0.989. The molecule has 1 heterocycles. The van der Waals surface area contributed by atoms with Crippen LogP contribution in [0.1, 0.15) is 24.8 Å². The van der Waals surface area contributed by atoms with Crippen LogP contribution in [-0.2, 0) is 16.0 Å². The van der Waals surface area contributed by atoms with Gasteiger partial charge in [0.25, 0.3) is 0 Å². The quantitative estimate of drug-likeness (QED) is 0.719. The maximum absolute atomic E-state index is 12.4. The summed E-state index contributed by atoms with van der Waals surface area (Å²) in [6, 6.07) is 16.5. The number of piperidine rings is 1. The molecule has 1 fully saturated rings. The summed E-state index contributed by atoms with van der Waals surface area (Å²) in [6.45, 7) is 2.11. The van der Waals surface area contributed by atoms with Gasteiger partial charge < -0.3 is 20.1 Å². The number of phenols is 1. The fourth-order valence-electron chi connectivity index (χ4n) is 3.51. The molecule has 1 aliphatic rings. The first-order valence-electron chi connectivity index (χ1n) is 10.1. The number of aromatic hydroxyl groups is 1. The molecule has 1 saturated heterocycles. The first kappa shape index (κ1) is 20.7. The van der Waals surface area contributed by atoms with Gasteiger partial charge in [-0.25, -0.2) is 0 Å². The van der Waals surface area contributed by atoms with E-state index < -0.39 is 0 Å². The minimum Gasteiger partial charge on any atom is -0.508 e. The van der Waals surface area contributed by atoms with Crippen molar-refractivity contribution in [3.63, 3.8) is 0 Å². The molecule has 2 aromatic carbocycles. The fourth-order valence-corrected chi connectivity index (χ4v) is 3.51. The van der Waals surface area contributed by atoms with Crippen LogP contribution in [0.4, 0.5) is 0 Å². The lowest BCUT2D eigenvalue weighted by Crippen LogP contribution is -2.43. The van der Waals surface area contributed by atoms with E-state index in [0.29, 0.717) is 51.9 Å². The van der Waals surface area contributed by atoms with E-state index in [1.807, 2.05) is 41.3 Å². The van der Waals surface area contributed by atoms with Gasteiger partial charge in [0.15, 0.2) is 0 Å². The second kappa shape index (κ2) is 10.5. The van der Waals surface area contributed by atoms with Crippen molar-refractivity contribution in [1.82, 2.24) is 10.2 Å². The highest BCUT2D eigenvalue weighted by Crippen LogP contribution is 2.18. The predicted octanol–water partition coefficient (Wildman–Crippen LogP) is 2.76. The number of ether oxygens (including phenoxy) is 1. The number of hydrogen-bond acceptors (Lipinski definition) is 4. The zero-order valence-corrected chi connectivity index (χ0v) is 16.5. The molecule has 0 spiro atoms. The molecule has 0 aromatic heterocycles. The van der Waals surface area contributed by atoms with Crippen molar-refractivity contribution < 1.29 is 19.4 Å². The number of carbonyl (C=O) groups excluding carboxylic acids is 2. The summed E-state index contributed by atoms with van der Waals surface area (Å²) in [7, 11) is 0. The van der Waals surface area contributed by atoms with E-state index in [4.69, 9.17) is 4.74 Å². The minimum absolute atomic E-state index is 0.0460. The number of rotatable bonds is 8. The largest absolute Gasteiger partial charge is 0.508 e. The van der Waals surface area contributed by atoms with Gasteiger partial charge in [-0.3, -0.25) is 9.59 Å². The zero-order chi connectivity index (χ0) is 20.5. The predicted molar refractivity (Wildman–Crippen MR) is 111 cm³/mol. The van der Waals surface area contributed by atoms with E-state index in [0.717, 1.165) is 11.3 Å². The molecule has 0 bridgehead atoms. The molecule has 2 N–H and O–H groups in total. The summed E-state index contributed by atoms with van der Waals surface area (Å²) >= 11 is 0. The fraction of sp³-hybridized carbons (Fsp3) is 0.391. The highest BCUT2D eigenvalue weighted by molar-refractivity contribution is 5.80. The summed E-state index contributed by atoms with van der Waals surface area (Å²) in [5, 5.41) is 12.5. The van der Waals surface area contributed by atoms with Crippen molar-refractivity contribution in [1.29, 1.82) is 0 Å². The number of benzene rings is 2. The highest BCUT2D eigenvalue weighted by atomic mass is 16.5. The first-order chi connectivity index (χ1) is 14.1. The molecular formula is C23H28N2O4. The van der Waals surface area contributed by atoms with Gasteiger partial charge in [-0.2, -0.15) is 0 Å². The third-order valence-corrected chi connectivity index (χ3v) is 5.17. The number of amides is 2. The highest BCUT2D eigenvalue weighted by Gasteiger charge is 2.26. The maximum atomic E-state index is 12.4. The van der Waals surface area contributed by atoms with Crippen molar-refractivity contribution in [2.75, 3.05) is 26.2 Å². The lowest BCUT2D eigenvalue weighted by Gasteiger charge is -2.31. The van der Waals surface area contributed by atoms with Gasteiger partial charge in [0.1, 0.15) is 11.5 Å². The molecule has 1 aliphatic heterocycles. The molecule has 6 nitrogen and oxygen atoms in total. The summed E-state index contributed by atoms with van der Waals surface area (Å²) in [6.07, 6.45) is 2.39. The number of nitrogens with zero attached hydrogens (tertiary/aromatic N) is 1. The molecule has 154 valence electrons. The van der Waals surface area contributed by atoms with E-state index in [9.17, 15) is 14.7 Å². The lowest BCUT2D eigenvalue weighted by molar-refractivity contribution is -0.136. The lowest BCUT2D eigenvalue weighted by atomic mass is 9.95. The van der Waals surface area contributed by atoms with Crippen LogP contribution >= 0.6 is 0 Å². The number of hydrogen-bond donors (Lipinski definition) is 2. The number of phenolic OH excluding ortho intramolecular Hbond substituents is 1. The SMILES string of the molecule is O=C(NCCc1cccc(O)c1)C1CCN(C(=O)CCOc2ccccc2)CC1. The molecule has 0 atom stereocenters. The average molecular weight is 396 g/mol. The first-order valence-corrected chi connectivity index (χ1v) is 10.1. The van der Waals surface area contributed by atoms with E-state index in [1.165, 1.54) is 0 Å². The molecule has 0 unspecified atom stereocenters. The molecule has 6 heteroatoms. The summed E-state index contributed by atoms with van der Waals surface area (Å²) in [5.74, 6) is 1.07. The molecule has 2 amide bonds. The van der Waals surface area contributed by atoms with Gasteiger partial charge in [-0.1, -0.05) is 30.3 Å². The van der Waals surface area contributed by atoms with Crippen molar-refractivity contribution in [3.05, 3.63) is 60.2 Å². The Morgan fingerprint density at radius 1 is 1.07 bits per heavy atom. The standard InChI is InChI=1S/C23H28N2O4/c26-20-6-4-5-18(17-20)9-13-24-23(28)19-10-14-25(15-11-19)22(27)12-16-29-21-7-2-1-3-8-21/h1-8,17,19,26H,9-16H2,(H,24,28). The second-order valence-corrected chi connectivity index (χ2v) is 7.28. The van der Waals surface area contributed by atoms with Crippen LogP contribution in [0.5, 0.6) is 11.5 Å². The van der Waals surface area contributed by atoms with Gasteiger partial charge in [0.05, 0.1) is 13.0 Å². The third kappa shape index (κ3) is 6.52. The second-order valence-electron chi connectivity index (χ2n) is 7.28. The summed E-state index contributed by atoms with van der Waals surface area (Å²) < 4.78 is 5.59. The molecule has 29 heavy (non-hydrogen) atoms. The smallest absolute Gasteiger partial charge is 0.225 e. The topological polar surface area (TPSA) is 78.9 Å². The van der Waals surface area contributed by atoms with Crippen molar-refractivity contribution in [2.24, 2.45) is 5.92 Å². The zero-order valence-electron chi connectivity index (χ0n) is 16.5. The van der Waals surface area contributed by atoms with Crippen LogP contribution in [-0.4, -0.2) is 48.1 Å². The van der Waals surface area contributed by atoms with Crippen LogP contribution in [0, 0.1) is 5.92 Å². The van der Waals surface area contributed by atoms with Crippen LogP contribution in [0.2, 0.25) is 0 Å². The third-order valence-electron chi connectivity index (χ3n) is 5.17. The maximum Gasteiger partial charge on any atom is 0.225 e. The molecule has 2 aromatic rings. The van der Waals surface area contributed by atoms with E-state index in [2.05, 4.69) is 5.32 Å². The average Bonchev–Trinajstić information content (AvgIpc) is 2.74. The Morgan fingerprint density at radius 2 is 1.83 bits per heavy atom. The molecule has 0 aliphatic carbocycles. The van der Waals surface area contributed by atoms with E-state index in [-0.39, 0.29) is 23.5 Å². The van der Waals surface area contributed by atoms with Gasteiger partial charge in [0, 0.05) is 25.6 Å². The Bertz CT molecular complexity index is 802. The Kier molecular flexibility index (Phi) is 7.50. The van der Waals surface area contributed by atoms with Crippen LogP contribution < -0.4 is 10.1 Å². The Labute approximate surface area is 171 Å². The van der Waals surface area contributed by atoms with Crippen molar-refractivity contribution >= 4 is 11.8 Å². The minimum atomic E-state index is -0.0520. The Balaban J connectivity index is 1.32. The van der Waals surface area contributed by atoms with Crippen molar-refractivity contribution in [3.8, 4) is 11.5 Å². The Hall–Kier alpha value is -3.02. The molecule has 3 rings (SSSR count). The van der Waals surface area contributed by atoms with E-state index in [1.54, 1.807) is 18.2 Å². The van der Waals surface area contributed by atoms with Gasteiger partial charge >= 0.3 is 0 Å². The number of nitrogens with one attached hydrogen (secondary N) is 1.